The fourth-order valence-corrected chi connectivity index (χ4v) is 2.73. The van der Waals surface area contributed by atoms with Crippen LogP contribution in [0.15, 0.2) is 16.7 Å². The van der Waals surface area contributed by atoms with Crippen molar-refractivity contribution in [2.75, 3.05) is 18.0 Å². The molecule has 1 fully saturated rings. The number of aromatic nitrogens is 1. The molecule has 1 aromatic rings. The van der Waals surface area contributed by atoms with Gasteiger partial charge in [-0.25, -0.2) is 4.98 Å². The Bertz CT molecular complexity index is 420. The molecule has 19 heavy (non-hydrogen) atoms. The van der Waals surface area contributed by atoms with Gasteiger partial charge < -0.3 is 10.2 Å². The van der Waals surface area contributed by atoms with Gasteiger partial charge in [0, 0.05) is 41.4 Å². The molecule has 0 unspecified atom stereocenters. The van der Waals surface area contributed by atoms with Gasteiger partial charge in [0.25, 0.3) is 0 Å². The molecule has 2 rings (SSSR count). The number of hydrogen-bond acceptors (Lipinski definition) is 3. The van der Waals surface area contributed by atoms with Crippen molar-refractivity contribution < 1.29 is 0 Å². The molecule has 2 heterocycles. The number of rotatable bonds is 3. The van der Waals surface area contributed by atoms with E-state index < -0.39 is 0 Å². The summed E-state index contributed by atoms with van der Waals surface area (Å²) >= 11 is 3.53. The maximum absolute atomic E-state index is 4.64. The van der Waals surface area contributed by atoms with Gasteiger partial charge in [0.15, 0.2) is 0 Å². The van der Waals surface area contributed by atoms with E-state index in [0.717, 1.165) is 29.9 Å². The van der Waals surface area contributed by atoms with Crippen molar-refractivity contribution in [3.8, 4) is 0 Å². The van der Waals surface area contributed by atoms with Crippen molar-refractivity contribution >= 4 is 21.7 Å². The Hall–Kier alpha value is -0.610. The summed E-state index contributed by atoms with van der Waals surface area (Å²) in [6.45, 7) is 9.72. The van der Waals surface area contributed by atoms with Gasteiger partial charge in [0.1, 0.15) is 5.82 Å². The van der Waals surface area contributed by atoms with Crippen molar-refractivity contribution in [3.05, 3.63) is 22.3 Å². The highest BCUT2D eigenvalue weighted by Gasteiger charge is 2.17. The molecular formula is C15H24BrN3. The number of nitrogens with zero attached hydrogens (tertiary/aromatic N) is 2. The third-order valence-corrected chi connectivity index (χ3v) is 3.81. The SMILES string of the molecule is CC(C)(C)NCc1cc(Br)cnc1N1CCCCC1. The zero-order chi connectivity index (χ0) is 13.9. The summed E-state index contributed by atoms with van der Waals surface area (Å²) in [6, 6.07) is 2.19. The van der Waals surface area contributed by atoms with Gasteiger partial charge in [0.2, 0.25) is 0 Å². The van der Waals surface area contributed by atoms with Crippen LogP contribution in [0.5, 0.6) is 0 Å². The minimum atomic E-state index is 0.126. The molecule has 3 nitrogen and oxygen atoms in total. The van der Waals surface area contributed by atoms with Crippen LogP contribution in [-0.2, 0) is 6.54 Å². The normalized spacial score (nSPS) is 16.7. The summed E-state index contributed by atoms with van der Waals surface area (Å²) in [4.78, 5) is 7.07. The number of piperidine rings is 1. The Labute approximate surface area is 124 Å². The van der Waals surface area contributed by atoms with E-state index in [1.165, 1.54) is 24.8 Å². The predicted octanol–water partition coefficient (Wildman–Crippen LogP) is 3.72. The maximum Gasteiger partial charge on any atom is 0.133 e. The molecule has 1 aromatic heterocycles. The highest BCUT2D eigenvalue weighted by atomic mass is 79.9. The fraction of sp³-hybridized carbons (Fsp3) is 0.667. The van der Waals surface area contributed by atoms with E-state index in [-0.39, 0.29) is 5.54 Å². The average Bonchev–Trinajstić information content (AvgIpc) is 2.37. The first kappa shape index (κ1) is 14.8. The average molecular weight is 326 g/mol. The molecule has 106 valence electrons. The van der Waals surface area contributed by atoms with Crippen molar-refractivity contribution in [2.24, 2.45) is 0 Å². The topological polar surface area (TPSA) is 28.2 Å². The lowest BCUT2D eigenvalue weighted by Gasteiger charge is -2.30. The molecule has 1 aliphatic rings. The third kappa shape index (κ3) is 4.46. The molecular weight excluding hydrogens is 302 g/mol. The van der Waals surface area contributed by atoms with Gasteiger partial charge in [-0.2, -0.15) is 0 Å². The van der Waals surface area contributed by atoms with Gasteiger partial charge in [0.05, 0.1) is 0 Å². The molecule has 1 aliphatic heterocycles. The molecule has 0 aromatic carbocycles. The lowest BCUT2D eigenvalue weighted by Crippen LogP contribution is -2.36. The van der Waals surface area contributed by atoms with Gasteiger partial charge in [-0.15, -0.1) is 0 Å². The molecule has 0 saturated carbocycles. The molecule has 4 heteroatoms. The minimum Gasteiger partial charge on any atom is -0.356 e. The number of anilines is 1. The van der Waals surface area contributed by atoms with Gasteiger partial charge >= 0.3 is 0 Å². The van der Waals surface area contributed by atoms with Crippen LogP contribution in [-0.4, -0.2) is 23.6 Å². The Balaban J connectivity index is 2.17. The number of pyridine rings is 1. The van der Waals surface area contributed by atoms with Crippen LogP contribution in [0.4, 0.5) is 5.82 Å². The van der Waals surface area contributed by atoms with E-state index in [2.05, 4.69) is 58.0 Å². The zero-order valence-corrected chi connectivity index (χ0v) is 13.8. The molecule has 0 aliphatic carbocycles. The van der Waals surface area contributed by atoms with Crippen molar-refractivity contribution in [1.82, 2.24) is 10.3 Å². The number of hydrogen-bond donors (Lipinski definition) is 1. The van der Waals surface area contributed by atoms with Crippen LogP contribution in [0.3, 0.4) is 0 Å². The summed E-state index contributed by atoms with van der Waals surface area (Å²) in [5.41, 5.74) is 1.41. The second-order valence-corrected chi connectivity index (χ2v) is 7.20. The summed E-state index contributed by atoms with van der Waals surface area (Å²) in [6.07, 6.45) is 5.82. The van der Waals surface area contributed by atoms with E-state index in [1.54, 1.807) is 0 Å². The van der Waals surface area contributed by atoms with Crippen LogP contribution < -0.4 is 10.2 Å². The largest absolute Gasteiger partial charge is 0.356 e. The number of nitrogens with one attached hydrogen (secondary N) is 1. The Morgan fingerprint density at radius 3 is 2.58 bits per heavy atom. The van der Waals surface area contributed by atoms with Gasteiger partial charge in [-0.1, -0.05) is 0 Å². The molecule has 0 bridgehead atoms. The summed E-state index contributed by atoms with van der Waals surface area (Å²) in [7, 11) is 0. The second-order valence-electron chi connectivity index (χ2n) is 6.29. The lowest BCUT2D eigenvalue weighted by atomic mass is 10.1. The lowest BCUT2D eigenvalue weighted by molar-refractivity contribution is 0.423. The van der Waals surface area contributed by atoms with E-state index >= 15 is 0 Å². The zero-order valence-electron chi connectivity index (χ0n) is 12.2. The smallest absolute Gasteiger partial charge is 0.133 e. The summed E-state index contributed by atoms with van der Waals surface area (Å²) < 4.78 is 1.05. The summed E-state index contributed by atoms with van der Waals surface area (Å²) in [5, 5.41) is 3.56. The van der Waals surface area contributed by atoms with Crippen LogP contribution in [0.25, 0.3) is 0 Å². The third-order valence-electron chi connectivity index (χ3n) is 3.37. The van der Waals surface area contributed by atoms with Crippen molar-refractivity contribution in [3.63, 3.8) is 0 Å². The molecule has 1 N–H and O–H groups in total. The van der Waals surface area contributed by atoms with Crippen LogP contribution >= 0.6 is 15.9 Å². The van der Waals surface area contributed by atoms with Gasteiger partial charge in [-0.05, 0) is 62.0 Å². The Morgan fingerprint density at radius 1 is 1.26 bits per heavy atom. The van der Waals surface area contributed by atoms with E-state index in [4.69, 9.17) is 0 Å². The Morgan fingerprint density at radius 2 is 1.95 bits per heavy atom. The highest BCUT2D eigenvalue weighted by molar-refractivity contribution is 9.10. The first-order chi connectivity index (χ1) is 8.96. The Kier molecular flexibility index (Phi) is 4.85. The molecule has 0 spiro atoms. The van der Waals surface area contributed by atoms with Crippen LogP contribution in [0.2, 0.25) is 0 Å². The predicted molar refractivity (Wildman–Crippen MR) is 84.6 cm³/mol. The fourth-order valence-electron chi connectivity index (χ4n) is 2.35. The van der Waals surface area contributed by atoms with Crippen LogP contribution in [0, 0.1) is 0 Å². The summed E-state index contributed by atoms with van der Waals surface area (Å²) in [5.74, 6) is 1.15. The molecule has 1 saturated heterocycles. The van der Waals surface area contributed by atoms with E-state index in [1.807, 2.05) is 6.20 Å². The van der Waals surface area contributed by atoms with Gasteiger partial charge in [-0.3, -0.25) is 0 Å². The molecule has 0 atom stereocenters. The first-order valence-electron chi connectivity index (χ1n) is 7.10. The molecule has 0 amide bonds. The first-order valence-corrected chi connectivity index (χ1v) is 7.89. The molecule has 0 radical (unpaired) electrons. The number of halogens is 1. The van der Waals surface area contributed by atoms with Crippen LogP contribution in [0.1, 0.15) is 45.6 Å². The minimum absolute atomic E-state index is 0.126. The monoisotopic (exact) mass is 325 g/mol. The van der Waals surface area contributed by atoms with Crippen molar-refractivity contribution in [2.45, 2.75) is 52.1 Å². The standard InChI is InChI=1S/C15H24BrN3/c1-15(2,3)18-10-12-9-13(16)11-17-14(12)19-7-5-4-6-8-19/h9,11,18H,4-8,10H2,1-3H3. The van der Waals surface area contributed by atoms with E-state index in [0.29, 0.717) is 0 Å². The highest BCUT2D eigenvalue weighted by Crippen LogP contribution is 2.25. The second kappa shape index (κ2) is 6.23. The van der Waals surface area contributed by atoms with E-state index in [9.17, 15) is 0 Å². The quantitative estimate of drug-likeness (QED) is 0.917. The van der Waals surface area contributed by atoms with Crippen molar-refractivity contribution in [1.29, 1.82) is 0 Å². The maximum atomic E-state index is 4.64.